The average molecular weight is 325 g/mol. The van der Waals surface area contributed by atoms with E-state index in [2.05, 4.69) is 0 Å². The van der Waals surface area contributed by atoms with Gasteiger partial charge in [-0.1, -0.05) is 12.8 Å². The standard InChI is InChI=1S/C18H31NO4/c1-4-22-18-14(10-7-11-20)15(13-8-5-6-9-13)12-16(23-18)17(21)19(2)3/h12-15,18,20H,4-11H2,1-3H3/t14-,15-,18-/m0/s1. The fourth-order valence-corrected chi connectivity index (χ4v) is 3.88. The van der Waals surface area contributed by atoms with Gasteiger partial charge < -0.3 is 19.5 Å². The number of rotatable bonds is 7. The minimum Gasteiger partial charge on any atom is -0.459 e. The van der Waals surface area contributed by atoms with Crippen LogP contribution in [0.2, 0.25) is 0 Å². The zero-order valence-corrected chi connectivity index (χ0v) is 14.7. The van der Waals surface area contributed by atoms with Crippen molar-refractivity contribution >= 4 is 5.91 Å². The van der Waals surface area contributed by atoms with Crippen molar-refractivity contribution < 1.29 is 19.4 Å². The lowest BCUT2D eigenvalue weighted by atomic mass is 9.76. The van der Waals surface area contributed by atoms with Gasteiger partial charge in [0.2, 0.25) is 6.29 Å². The van der Waals surface area contributed by atoms with Crippen LogP contribution in [0.5, 0.6) is 0 Å². The lowest BCUT2D eigenvalue weighted by molar-refractivity contribution is -0.178. The topological polar surface area (TPSA) is 59.0 Å². The molecule has 1 heterocycles. The van der Waals surface area contributed by atoms with Crippen molar-refractivity contribution in [3.8, 4) is 0 Å². The largest absolute Gasteiger partial charge is 0.459 e. The fourth-order valence-electron chi connectivity index (χ4n) is 3.88. The van der Waals surface area contributed by atoms with Gasteiger partial charge in [0.1, 0.15) is 0 Å². The SMILES string of the molecule is CCO[C@H]1OC(C(=O)N(C)C)=C[C@@H](C2CCCC2)[C@@H]1CCCO. The van der Waals surface area contributed by atoms with Crippen molar-refractivity contribution in [2.24, 2.45) is 17.8 Å². The maximum atomic E-state index is 12.4. The highest BCUT2D eigenvalue weighted by atomic mass is 16.7. The maximum absolute atomic E-state index is 12.4. The predicted octanol–water partition coefficient (Wildman–Crippen LogP) is 2.55. The zero-order valence-electron chi connectivity index (χ0n) is 14.7. The molecule has 0 aromatic rings. The molecule has 1 aliphatic carbocycles. The molecule has 0 unspecified atom stereocenters. The number of amides is 1. The van der Waals surface area contributed by atoms with E-state index in [1.54, 1.807) is 19.0 Å². The molecule has 2 rings (SSSR count). The van der Waals surface area contributed by atoms with Crippen molar-refractivity contribution in [1.29, 1.82) is 0 Å². The smallest absolute Gasteiger partial charge is 0.288 e. The van der Waals surface area contributed by atoms with E-state index in [4.69, 9.17) is 9.47 Å². The van der Waals surface area contributed by atoms with Crippen LogP contribution in [0, 0.1) is 17.8 Å². The number of nitrogens with zero attached hydrogens (tertiary/aromatic N) is 1. The van der Waals surface area contributed by atoms with Gasteiger partial charge in [-0.25, -0.2) is 0 Å². The van der Waals surface area contributed by atoms with Crippen LogP contribution in [0.4, 0.5) is 0 Å². The molecule has 1 fully saturated rings. The van der Waals surface area contributed by atoms with Crippen molar-refractivity contribution in [3.63, 3.8) is 0 Å². The summed E-state index contributed by atoms with van der Waals surface area (Å²) in [6.07, 6.45) is 8.20. The average Bonchev–Trinajstić information content (AvgIpc) is 3.06. The summed E-state index contributed by atoms with van der Waals surface area (Å²) < 4.78 is 11.7. The van der Waals surface area contributed by atoms with E-state index < -0.39 is 0 Å². The van der Waals surface area contributed by atoms with Crippen LogP contribution >= 0.6 is 0 Å². The molecule has 1 aliphatic heterocycles. The Labute approximate surface area is 139 Å². The van der Waals surface area contributed by atoms with E-state index in [-0.39, 0.29) is 24.7 Å². The fraction of sp³-hybridized carbons (Fsp3) is 0.833. The molecule has 0 radical (unpaired) electrons. The molecule has 2 aliphatic rings. The summed E-state index contributed by atoms with van der Waals surface area (Å²) >= 11 is 0. The van der Waals surface area contributed by atoms with Crippen LogP contribution in [0.3, 0.4) is 0 Å². The van der Waals surface area contributed by atoms with Crippen LogP contribution in [0.15, 0.2) is 11.8 Å². The number of aliphatic hydroxyl groups is 1. The number of allylic oxidation sites excluding steroid dienone is 1. The second-order valence-corrected chi connectivity index (χ2v) is 6.82. The molecule has 0 aromatic carbocycles. The third-order valence-electron chi connectivity index (χ3n) is 5.02. The number of likely N-dealkylation sites (N-methyl/N-ethyl adjacent to an activating group) is 1. The predicted molar refractivity (Wildman–Crippen MR) is 88.5 cm³/mol. The number of carbonyl (C=O) groups is 1. The summed E-state index contributed by atoms with van der Waals surface area (Å²) in [6.45, 7) is 2.68. The van der Waals surface area contributed by atoms with E-state index >= 15 is 0 Å². The lowest BCUT2D eigenvalue weighted by Crippen LogP contribution is -2.41. The minimum absolute atomic E-state index is 0.0988. The Hall–Kier alpha value is -1.07. The van der Waals surface area contributed by atoms with Crippen LogP contribution < -0.4 is 0 Å². The second kappa shape index (κ2) is 8.69. The van der Waals surface area contributed by atoms with Crippen LogP contribution in [0.25, 0.3) is 0 Å². The minimum atomic E-state index is -0.388. The van der Waals surface area contributed by atoms with E-state index in [9.17, 15) is 9.90 Å². The third-order valence-corrected chi connectivity index (χ3v) is 5.02. The molecule has 1 amide bonds. The molecule has 1 saturated carbocycles. The van der Waals surface area contributed by atoms with Gasteiger partial charge in [0, 0.05) is 33.2 Å². The Balaban J connectivity index is 2.26. The molecule has 3 atom stereocenters. The van der Waals surface area contributed by atoms with Crippen molar-refractivity contribution in [2.75, 3.05) is 27.3 Å². The quantitative estimate of drug-likeness (QED) is 0.781. The molecule has 0 aromatic heterocycles. The molecule has 5 heteroatoms. The number of hydrogen-bond donors (Lipinski definition) is 1. The van der Waals surface area contributed by atoms with Gasteiger partial charge in [0.05, 0.1) is 0 Å². The Kier molecular flexibility index (Phi) is 6.90. The van der Waals surface area contributed by atoms with Gasteiger partial charge in [-0.05, 0) is 50.5 Å². The number of ether oxygens (including phenoxy) is 2. The molecule has 1 N–H and O–H groups in total. The third kappa shape index (κ3) is 4.48. The lowest BCUT2D eigenvalue weighted by Gasteiger charge is -2.39. The van der Waals surface area contributed by atoms with E-state index in [1.165, 1.54) is 25.7 Å². The van der Waals surface area contributed by atoms with Crippen molar-refractivity contribution in [2.45, 2.75) is 51.7 Å². The Morgan fingerprint density at radius 2 is 2.09 bits per heavy atom. The zero-order chi connectivity index (χ0) is 16.8. The highest BCUT2D eigenvalue weighted by Gasteiger charge is 2.41. The summed E-state index contributed by atoms with van der Waals surface area (Å²) in [5.41, 5.74) is 0. The van der Waals surface area contributed by atoms with Gasteiger partial charge in [-0.2, -0.15) is 0 Å². The van der Waals surface area contributed by atoms with Gasteiger partial charge in [-0.3, -0.25) is 4.79 Å². The van der Waals surface area contributed by atoms with Crippen LogP contribution in [-0.4, -0.2) is 49.5 Å². The summed E-state index contributed by atoms with van der Waals surface area (Å²) in [7, 11) is 3.48. The van der Waals surface area contributed by atoms with Crippen LogP contribution in [0.1, 0.15) is 45.4 Å². The summed E-state index contributed by atoms with van der Waals surface area (Å²) in [4.78, 5) is 13.9. The molecule has 0 spiro atoms. The molecule has 23 heavy (non-hydrogen) atoms. The van der Waals surface area contributed by atoms with Gasteiger partial charge in [-0.15, -0.1) is 0 Å². The van der Waals surface area contributed by atoms with E-state index in [0.717, 1.165) is 12.8 Å². The number of carbonyl (C=O) groups excluding carboxylic acids is 1. The molecule has 132 valence electrons. The molecular formula is C18H31NO4. The van der Waals surface area contributed by atoms with E-state index in [1.807, 2.05) is 13.0 Å². The van der Waals surface area contributed by atoms with Gasteiger partial charge in [0.15, 0.2) is 5.76 Å². The van der Waals surface area contributed by atoms with Crippen molar-refractivity contribution in [3.05, 3.63) is 11.8 Å². The highest BCUT2D eigenvalue weighted by Crippen LogP contribution is 2.43. The monoisotopic (exact) mass is 325 g/mol. The van der Waals surface area contributed by atoms with Gasteiger partial charge >= 0.3 is 0 Å². The van der Waals surface area contributed by atoms with Gasteiger partial charge in [0.25, 0.3) is 5.91 Å². The first-order chi connectivity index (χ1) is 11.1. The first-order valence-corrected chi connectivity index (χ1v) is 8.91. The molecule has 0 bridgehead atoms. The highest BCUT2D eigenvalue weighted by molar-refractivity contribution is 5.91. The molecule has 5 nitrogen and oxygen atoms in total. The molecular weight excluding hydrogens is 294 g/mol. The Bertz CT molecular complexity index is 415. The summed E-state index contributed by atoms with van der Waals surface area (Å²) in [5.74, 6) is 1.43. The summed E-state index contributed by atoms with van der Waals surface area (Å²) in [5, 5.41) is 9.22. The molecule has 0 saturated heterocycles. The number of hydrogen-bond acceptors (Lipinski definition) is 4. The number of aliphatic hydroxyl groups excluding tert-OH is 1. The Morgan fingerprint density at radius 3 is 2.65 bits per heavy atom. The van der Waals surface area contributed by atoms with E-state index in [0.29, 0.717) is 24.2 Å². The first kappa shape index (κ1) is 18.3. The second-order valence-electron chi connectivity index (χ2n) is 6.82. The summed E-state index contributed by atoms with van der Waals surface area (Å²) in [6, 6.07) is 0. The maximum Gasteiger partial charge on any atom is 0.288 e. The van der Waals surface area contributed by atoms with Crippen LogP contribution in [-0.2, 0) is 14.3 Å². The normalized spacial score (nSPS) is 28.3. The van der Waals surface area contributed by atoms with Crippen molar-refractivity contribution in [1.82, 2.24) is 4.90 Å². The Morgan fingerprint density at radius 1 is 1.39 bits per heavy atom. The first-order valence-electron chi connectivity index (χ1n) is 8.91.